The van der Waals surface area contributed by atoms with Crippen LogP contribution in [0.1, 0.15) is 10.4 Å². The third-order valence-corrected chi connectivity index (χ3v) is 2.71. The monoisotopic (exact) mass is 291 g/mol. The number of hydrogen-bond donors (Lipinski definition) is 3. The molecule has 1 aromatic carbocycles. The zero-order valence-electron chi connectivity index (χ0n) is 7.38. The molecule has 0 spiro atoms. The molecule has 4 N–H and O–H groups in total. The van der Waals surface area contributed by atoms with Crippen LogP contribution in [0.4, 0.5) is 4.79 Å². The molecule has 0 aliphatic carbocycles. The van der Waals surface area contributed by atoms with Crippen LogP contribution in [0, 0.1) is 0 Å². The molecule has 3 amide bonds. The summed E-state index contributed by atoms with van der Waals surface area (Å²) in [4.78, 5) is 21.7. The van der Waals surface area contributed by atoms with E-state index in [0.717, 1.165) is 0 Å². The average Bonchev–Trinajstić information content (AvgIpc) is 2.18. The van der Waals surface area contributed by atoms with E-state index in [0.29, 0.717) is 15.1 Å². The molecule has 0 aromatic heterocycles. The zero-order valence-corrected chi connectivity index (χ0v) is 9.72. The smallest absolute Gasteiger partial charge is 0.330 e. The van der Waals surface area contributed by atoms with Crippen molar-refractivity contribution in [1.82, 2.24) is 10.9 Å². The quantitative estimate of drug-likeness (QED) is 0.684. The van der Waals surface area contributed by atoms with E-state index in [4.69, 9.17) is 17.3 Å². The summed E-state index contributed by atoms with van der Waals surface area (Å²) in [5.41, 5.74) is 9.16. The molecular weight excluding hydrogens is 285 g/mol. The Labute approximate surface area is 99.1 Å². The number of carbonyl (C=O) groups excluding carboxylic acids is 2. The molecule has 0 fully saturated rings. The van der Waals surface area contributed by atoms with Crippen molar-refractivity contribution in [3.05, 3.63) is 33.3 Å². The molecule has 0 unspecified atom stereocenters. The topological polar surface area (TPSA) is 84.2 Å². The molecule has 0 aliphatic rings. The van der Waals surface area contributed by atoms with Crippen LogP contribution in [0.15, 0.2) is 22.7 Å². The minimum Gasteiger partial charge on any atom is -0.350 e. The summed E-state index contributed by atoms with van der Waals surface area (Å²) in [6.07, 6.45) is 0. The second-order valence-electron chi connectivity index (χ2n) is 2.57. The molecule has 1 aromatic rings. The van der Waals surface area contributed by atoms with Gasteiger partial charge in [-0.3, -0.25) is 10.2 Å². The van der Waals surface area contributed by atoms with Crippen LogP contribution < -0.4 is 16.6 Å². The molecule has 7 heteroatoms. The lowest BCUT2D eigenvalue weighted by molar-refractivity contribution is 0.0937. The van der Waals surface area contributed by atoms with Gasteiger partial charge in [0.25, 0.3) is 5.91 Å². The second kappa shape index (κ2) is 4.99. The highest BCUT2D eigenvalue weighted by Crippen LogP contribution is 2.22. The average molecular weight is 293 g/mol. The first-order valence-electron chi connectivity index (χ1n) is 3.81. The Kier molecular flexibility index (Phi) is 3.93. The summed E-state index contributed by atoms with van der Waals surface area (Å²) < 4.78 is 0.684. The summed E-state index contributed by atoms with van der Waals surface area (Å²) in [5, 5.41) is 0.404. The van der Waals surface area contributed by atoms with Crippen molar-refractivity contribution in [2.75, 3.05) is 0 Å². The number of halogens is 2. The van der Waals surface area contributed by atoms with Crippen molar-refractivity contribution in [3.63, 3.8) is 0 Å². The maximum absolute atomic E-state index is 11.4. The summed E-state index contributed by atoms with van der Waals surface area (Å²) in [5.74, 6) is -0.497. The fraction of sp³-hybridized carbons (Fsp3) is 0. The van der Waals surface area contributed by atoms with Crippen molar-refractivity contribution < 1.29 is 9.59 Å². The Morgan fingerprint density at radius 2 is 2.00 bits per heavy atom. The molecule has 0 saturated carbocycles. The number of carbonyl (C=O) groups is 2. The Morgan fingerprint density at radius 3 is 2.53 bits per heavy atom. The lowest BCUT2D eigenvalue weighted by Gasteiger charge is -2.05. The van der Waals surface area contributed by atoms with Gasteiger partial charge in [0.05, 0.1) is 5.02 Å². The SMILES string of the molecule is NC(=O)NNC(=O)c1ccc(Br)c(Cl)c1. The van der Waals surface area contributed by atoms with Gasteiger partial charge in [0, 0.05) is 10.0 Å². The van der Waals surface area contributed by atoms with Crippen molar-refractivity contribution in [3.8, 4) is 0 Å². The maximum atomic E-state index is 11.4. The number of nitrogens with two attached hydrogens (primary N) is 1. The molecule has 0 heterocycles. The number of hydrazine groups is 1. The van der Waals surface area contributed by atoms with Crippen LogP contribution in [-0.2, 0) is 0 Å². The molecule has 0 atom stereocenters. The van der Waals surface area contributed by atoms with Crippen LogP contribution in [0.25, 0.3) is 0 Å². The van der Waals surface area contributed by atoms with Crippen LogP contribution in [-0.4, -0.2) is 11.9 Å². The molecule has 5 nitrogen and oxygen atoms in total. The van der Waals surface area contributed by atoms with E-state index in [-0.39, 0.29) is 0 Å². The predicted molar refractivity (Wildman–Crippen MR) is 59.3 cm³/mol. The van der Waals surface area contributed by atoms with Gasteiger partial charge in [-0.05, 0) is 34.1 Å². The normalized spacial score (nSPS) is 9.47. The standard InChI is InChI=1S/C8H7BrClN3O2/c9-5-2-1-4(3-6(5)10)7(14)12-13-8(11)15/h1-3H,(H,12,14)(H3,11,13,15). The lowest BCUT2D eigenvalue weighted by Crippen LogP contribution is -2.44. The third kappa shape index (κ3) is 3.41. The van der Waals surface area contributed by atoms with Gasteiger partial charge in [0.2, 0.25) is 0 Å². The molecule has 15 heavy (non-hydrogen) atoms. The van der Waals surface area contributed by atoms with E-state index in [1.165, 1.54) is 6.07 Å². The number of primary amides is 1. The Bertz CT molecular complexity index is 411. The summed E-state index contributed by atoms with van der Waals surface area (Å²) >= 11 is 8.97. The van der Waals surface area contributed by atoms with Gasteiger partial charge < -0.3 is 5.73 Å². The van der Waals surface area contributed by atoms with Crippen molar-refractivity contribution in [2.24, 2.45) is 5.73 Å². The summed E-state index contributed by atoms with van der Waals surface area (Å²) in [7, 11) is 0. The number of nitrogens with one attached hydrogen (secondary N) is 2. The van der Waals surface area contributed by atoms with E-state index >= 15 is 0 Å². The maximum Gasteiger partial charge on any atom is 0.330 e. The van der Waals surface area contributed by atoms with E-state index in [1.54, 1.807) is 12.1 Å². The van der Waals surface area contributed by atoms with Crippen LogP contribution in [0.2, 0.25) is 5.02 Å². The van der Waals surface area contributed by atoms with Crippen LogP contribution in [0.5, 0.6) is 0 Å². The first kappa shape index (κ1) is 11.8. The zero-order chi connectivity index (χ0) is 11.4. The first-order valence-corrected chi connectivity index (χ1v) is 4.98. The lowest BCUT2D eigenvalue weighted by atomic mass is 10.2. The molecule has 0 saturated heterocycles. The van der Waals surface area contributed by atoms with Gasteiger partial charge in [-0.25, -0.2) is 10.2 Å². The molecule has 80 valence electrons. The number of benzene rings is 1. The van der Waals surface area contributed by atoms with Gasteiger partial charge in [-0.2, -0.15) is 0 Å². The van der Waals surface area contributed by atoms with E-state index < -0.39 is 11.9 Å². The highest BCUT2D eigenvalue weighted by molar-refractivity contribution is 9.10. The van der Waals surface area contributed by atoms with Crippen LogP contribution >= 0.6 is 27.5 Å². The number of amides is 3. The molecule has 0 bridgehead atoms. The van der Waals surface area contributed by atoms with Gasteiger partial charge in [-0.1, -0.05) is 11.6 Å². The van der Waals surface area contributed by atoms with Gasteiger partial charge >= 0.3 is 6.03 Å². The number of rotatable bonds is 1. The number of hydrogen-bond acceptors (Lipinski definition) is 2. The summed E-state index contributed by atoms with van der Waals surface area (Å²) in [6, 6.07) is 3.80. The van der Waals surface area contributed by atoms with E-state index in [2.05, 4.69) is 21.4 Å². The van der Waals surface area contributed by atoms with Crippen LogP contribution in [0.3, 0.4) is 0 Å². The second-order valence-corrected chi connectivity index (χ2v) is 3.83. The minimum atomic E-state index is -0.841. The Hall–Kier alpha value is -1.27. The third-order valence-electron chi connectivity index (χ3n) is 1.48. The Morgan fingerprint density at radius 1 is 1.33 bits per heavy atom. The first-order chi connectivity index (χ1) is 7.00. The largest absolute Gasteiger partial charge is 0.350 e. The predicted octanol–water partition coefficient (Wildman–Crippen LogP) is 1.42. The minimum absolute atomic E-state index is 0.317. The van der Waals surface area contributed by atoms with Crippen molar-refractivity contribution >= 4 is 39.5 Å². The van der Waals surface area contributed by atoms with Gasteiger partial charge in [0.15, 0.2) is 0 Å². The van der Waals surface area contributed by atoms with Crippen molar-refractivity contribution in [2.45, 2.75) is 0 Å². The summed E-state index contributed by atoms with van der Waals surface area (Å²) in [6.45, 7) is 0. The van der Waals surface area contributed by atoms with E-state index in [1.807, 2.05) is 5.43 Å². The molecule has 1 rings (SSSR count). The molecule has 0 radical (unpaired) electrons. The molecular formula is C8H7BrClN3O2. The highest BCUT2D eigenvalue weighted by Gasteiger charge is 2.07. The molecule has 0 aliphatic heterocycles. The fourth-order valence-corrected chi connectivity index (χ4v) is 1.26. The highest BCUT2D eigenvalue weighted by atomic mass is 79.9. The Balaban J connectivity index is 2.74. The van der Waals surface area contributed by atoms with Gasteiger partial charge in [-0.15, -0.1) is 0 Å². The fourth-order valence-electron chi connectivity index (χ4n) is 0.828. The number of urea groups is 1. The van der Waals surface area contributed by atoms with Crippen molar-refractivity contribution in [1.29, 1.82) is 0 Å². The van der Waals surface area contributed by atoms with E-state index in [9.17, 15) is 9.59 Å². The van der Waals surface area contributed by atoms with Gasteiger partial charge in [0.1, 0.15) is 0 Å².